The molecule has 1 aromatic carbocycles. The Morgan fingerprint density at radius 2 is 2.27 bits per heavy atom. The summed E-state index contributed by atoms with van der Waals surface area (Å²) in [6.07, 6.45) is 1.63. The van der Waals surface area contributed by atoms with Crippen LogP contribution in [0.15, 0.2) is 12.1 Å². The average Bonchev–Trinajstić information content (AvgIpc) is 2.16. The Hall–Kier alpha value is -1.09. The molecule has 0 N–H and O–H groups in total. The third kappa shape index (κ3) is 1.84. The lowest BCUT2D eigenvalue weighted by Gasteiger charge is -2.29. The summed E-state index contributed by atoms with van der Waals surface area (Å²) in [6, 6.07) is 2.98. The van der Waals surface area contributed by atoms with Gasteiger partial charge in [-0.15, -0.1) is 0 Å². The standard InChI is InChI=1S/C11H11ClFNO/c1-7(15)14-4-2-3-8-5-9(12)6-10(13)11(8)14/h5-6H,2-4H2,1H3. The van der Waals surface area contributed by atoms with E-state index in [2.05, 4.69) is 0 Å². The van der Waals surface area contributed by atoms with E-state index in [0.29, 0.717) is 17.3 Å². The van der Waals surface area contributed by atoms with Crippen LogP contribution >= 0.6 is 11.6 Å². The third-order valence-corrected chi connectivity index (χ3v) is 2.80. The molecule has 2 rings (SSSR count). The Bertz CT molecular complexity index is 419. The largest absolute Gasteiger partial charge is 0.310 e. The second-order valence-corrected chi connectivity index (χ2v) is 4.11. The van der Waals surface area contributed by atoms with Crippen molar-refractivity contribution in [3.63, 3.8) is 0 Å². The van der Waals surface area contributed by atoms with Gasteiger partial charge in [-0.25, -0.2) is 4.39 Å². The third-order valence-electron chi connectivity index (χ3n) is 2.58. The molecule has 0 bridgehead atoms. The fourth-order valence-corrected chi connectivity index (χ4v) is 2.19. The maximum atomic E-state index is 13.7. The zero-order valence-electron chi connectivity index (χ0n) is 8.39. The minimum atomic E-state index is -0.410. The van der Waals surface area contributed by atoms with Gasteiger partial charge in [0, 0.05) is 18.5 Å². The lowest BCUT2D eigenvalue weighted by molar-refractivity contribution is -0.116. The first kappa shape index (κ1) is 10.4. The van der Waals surface area contributed by atoms with Crippen molar-refractivity contribution < 1.29 is 9.18 Å². The maximum absolute atomic E-state index is 13.7. The van der Waals surface area contributed by atoms with E-state index in [-0.39, 0.29) is 5.91 Å². The molecule has 0 unspecified atom stereocenters. The van der Waals surface area contributed by atoms with Gasteiger partial charge in [0.2, 0.25) is 5.91 Å². The number of aryl methyl sites for hydroxylation is 1. The van der Waals surface area contributed by atoms with Crippen LogP contribution in [0.3, 0.4) is 0 Å². The second kappa shape index (κ2) is 3.81. The molecule has 1 aliphatic rings. The quantitative estimate of drug-likeness (QED) is 0.668. The van der Waals surface area contributed by atoms with Gasteiger partial charge in [-0.05, 0) is 30.5 Å². The van der Waals surface area contributed by atoms with Crippen molar-refractivity contribution in [2.45, 2.75) is 19.8 Å². The van der Waals surface area contributed by atoms with Crippen LogP contribution in [0.25, 0.3) is 0 Å². The van der Waals surface area contributed by atoms with E-state index in [1.807, 2.05) is 0 Å². The Labute approximate surface area is 92.6 Å². The smallest absolute Gasteiger partial charge is 0.223 e. The first-order chi connectivity index (χ1) is 7.09. The molecule has 0 spiro atoms. The minimum absolute atomic E-state index is 0.128. The normalized spacial score (nSPS) is 15.0. The fraction of sp³-hybridized carbons (Fsp3) is 0.364. The summed E-state index contributed by atoms with van der Waals surface area (Å²) in [5.74, 6) is -0.537. The highest BCUT2D eigenvalue weighted by Crippen LogP contribution is 2.32. The van der Waals surface area contributed by atoms with E-state index in [4.69, 9.17) is 11.6 Å². The summed E-state index contributed by atoms with van der Waals surface area (Å²) < 4.78 is 13.7. The minimum Gasteiger partial charge on any atom is -0.310 e. The van der Waals surface area contributed by atoms with Crippen molar-refractivity contribution >= 4 is 23.2 Å². The van der Waals surface area contributed by atoms with E-state index in [1.165, 1.54) is 17.9 Å². The Morgan fingerprint density at radius 1 is 1.53 bits per heavy atom. The zero-order chi connectivity index (χ0) is 11.0. The highest BCUT2D eigenvalue weighted by molar-refractivity contribution is 6.30. The molecule has 0 saturated heterocycles. The molecule has 4 heteroatoms. The molecule has 80 valence electrons. The van der Waals surface area contributed by atoms with E-state index in [1.54, 1.807) is 6.07 Å². The van der Waals surface area contributed by atoms with Crippen molar-refractivity contribution in [1.29, 1.82) is 0 Å². The molecule has 1 amide bonds. The number of fused-ring (bicyclic) bond motifs is 1. The van der Waals surface area contributed by atoms with E-state index in [0.717, 1.165) is 18.4 Å². The van der Waals surface area contributed by atoms with Crippen molar-refractivity contribution in [3.05, 3.63) is 28.5 Å². The first-order valence-corrected chi connectivity index (χ1v) is 5.23. The van der Waals surface area contributed by atoms with Crippen LogP contribution in [0, 0.1) is 5.82 Å². The lowest BCUT2D eigenvalue weighted by Crippen LogP contribution is -2.34. The van der Waals surface area contributed by atoms with Crippen LogP contribution in [0.4, 0.5) is 10.1 Å². The molecule has 2 nitrogen and oxygen atoms in total. The fourth-order valence-electron chi connectivity index (χ4n) is 1.97. The van der Waals surface area contributed by atoms with Crippen molar-refractivity contribution in [2.75, 3.05) is 11.4 Å². The molecular weight excluding hydrogens is 217 g/mol. The summed E-state index contributed by atoms with van der Waals surface area (Å²) in [5.41, 5.74) is 1.22. The van der Waals surface area contributed by atoms with Crippen molar-refractivity contribution in [1.82, 2.24) is 0 Å². The molecule has 1 heterocycles. The van der Waals surface area contributed by atoms with E-state index < -0.39 is 5.82 Å². The van der Waals surface area contributed by atoms with Crippen LogP contribution in [0.1, 0.15) is 18.9 Å². The molecule has 0 atom stereocenters. The van der Waals surface area contributed by atoms with Crippen LogP contribution in [-0.2, 0) is 11.2 Å². The van der Waals surface area contributed by atoms with Crippen LogP contribution in [0.2, 0.25) is 5.02 Å². The molecule has 0 saturated carbocycles. The van der Waals surface area contributed by atoms with Gasteiger partial charge < -0.3 is 4.90 Å². The summed E-state index contributed by atoms with van der Waals surface area (Å²) in [6.45, 7) is 2.03. The second-order valence-electron chi connectivity index (χ2n) is 3.67. The summed E-state index contributed by atoms with van der Waals surface area (Å²) in [5, 5.41) is 0.386. The average molecular weight is 228 g/mol. The number of hydrogen-bond acceptors (Lipinski definition) is 1. The monoisotopic (exact) mass is 227 g/mol. The van der Waals surface area contributed by atoms with Crippen LogP contribution < -0.4 is 4.90 Å². The Kier molecular flexibility index (Phi) is 2.65. The van der Waals surface area contributed by atoms with Gasteiger partial charge in [0.05, 0.1) is 5.69 Å². The molecule has 15 heavy (non-hydrogen) atoms. The number of carbonyl (C=O) groups is 1. The Morgan fingerprint density at radius 3 is 2.93 bits per heavy atom. The first-order valence-electron chi connectivity index (χ1n) is 4.85. The molecule has 0 aromatic heterocycles. The number of nitrogens with zero attached hydrogens (tertiary/aromatic N) is 1. The predicted octanol–water partition coefficient (Wildman–Crippen LogP) is 2.78. The number of rotatable bonds is 0. The topological polar surface area (TPSA) is 20.3 Å². The van der Waals surface area contributed by atoms with E-state index in [9.17, 15) is 9.18 Å². The van der Waals surface area contributed by atoms with Gasteiger partial charge in [0.15, 0.2) is 0 Å². The maximum Gasteiger partial charge on any atom is 0.223 e. The number of anilines is 1. The highest BCUT2D eigenvalue weighted by atomic mass is 35.5. The number of hydrogen-bond donors (Lipinski definition) is 0. The van der Waals surface area contributed by atoms with Crippen LogP contribution in [-0.4, -0.2) is 12.5 Å². The summed E-state index contributed by atoms with van der Waals surface area (Å²) >= 11 is 5.77. The molecule has 1 aromatic rings. The predicted molar refractivity (Wildman–Crippen MR) is 57.8 cm³/mol. The zero-order valence-corrected chi connectivity index (χ0v) is 9.14. The summed E-state index contributed by atoms with van der Waals surface area (Å²) in [4.78, 5) is 12.8. The van der Waals surface area contributed by atoms with Crippen molar-refractivity contribution in [3.8, 4) is 0 Å². The Balaban J connectivity index is 2.55. The van der Waals surface area contributed by atoms with Crippen molar-refractivity contribution in [2.24, 2.45) is 0 Å². The molecule has 1 aliphatic heterocycles. The highest BCUT2D eigenvalue weighted by Gasteiger charge is 2.23. The molecule has 0 fully saturated rings. The number of carbonyl (C=O) groups excluding carboxylic acids is 1. The summed E-state index contributed by atoms with van der Waals surface area (Å²) in [7, 11) is 0. The van der Waals surface area contributed by atoms with Gasteiger partial charge in [-0.1, -0.05) is 11.6 Å². The van der Waals surface area contributed by atoms with E-state index >= 15 is 0 Å². The number of benzene rings is 1. The molecule has 0 aliphatic carbocycles. The molecule has 0 radical (unpaired) electrons. The van der Waals surface area contributed by atoms with Crippen LogP contribution in [0.5, 0.6) is 0 Å². The van der Waals surface area contributed by atoms with Gasteiger partial charge in [0.1, 0.15) is 5.82 Å². The number of amides is 1. The van der Waals surface area contributed by atoms with Gasteiger partial charge in [-0.2, -0.15) is 0 Å². The van der Waals surface area contributed by atoms with Gasteiger partial charge in [-0.3, -0.25) is 4.79 Å². The SMILES string of the molecule is CC(=O)N1CCCc2cc(Cl)cc(F)c21. The van der Waals surface area contributed by atoms with Gasteiger partial charge >= 0.3 is 0 Å². The lowest BCUT2D eigenvalue weighted by atomic mass is 10.0. The van der Waals surface area contributed by atoms with Gasteiger partial charge in [0.25, 0.3) is 0 Å². The number of halogens is 2. The molecular formula is C11H11ClFNO.